The van der Waals surface area contributed by atoms with Crippen LogP contribution in [0.25, 0.3) is 21.8 Å². The second-order valence-corrected chi connectivity index (χ2v) is 6.63. The van der Waals surface area contributed by atoms with Gasteiger partial charge in [-0.3, -0.25) is 4.79 Å². The topological polar surface area (TPSA) is 60.7 Å². The molecule has 0 radical (unpaired) electrons. The van der Waals surface area contributed by atoms with Crippen molar-refractivity contribution in [2.24, 2.45) is 0 Å². The van der Waals surface area contributed by atoms with E-state index in [9.17, 15) is 9.18 Å². The summed E-state index contributed by atoms with van der Waals surface area (Å²) in [5.41, 5.74) is 2.20. The van der Waals surface area contributed by atoms with Crippen LogP contribution in [0.5, 0.6) is 0 Å². The van der Waals surface area contributed by atoms with Gasteiger partial charge in [-0.1, -0.05) is 42.5 Å². The predicted octanol–water partition coefficient (Wildman–Crippen LogP) is 5.01. The Morgan fingerprint density at radius 3 is 2.73 bits per heavy atom. The van der Waals surface area contributed by atoms with Crippen LogP contribution in [0.2, 0.25) is 0 Å². The van der Waals surface area contributed by atoms with Gasteiger partial charge >= 0.3 is 0 Å². The van der Waals surface area contributed by atoms with Gasteiger partial charge < -0.3 is 15.3 Å². The molecule has 1 heterocycles. The molecule has 0 bridgehead atoms. The third kappa shape index (κ3) is 2.88. The van der Waals surface area contributed by atoms with Gasteiger partial charge in [0.15, 0.2) is 4.77 Å². The van der Waals surface area contributed by atoms with Gasteiger partial charge in [-0.05, 0) is 47.6 Å². The van der Waals surface area contributed by atoms with E-state index >= 15 is 0 Å². The average molecular weight is 365 g/mol. The molecule has 0 spiro atoms. The van der Waals surface area contributed by atoms with E-state index in [0.29, 0.717) is 15.8 Å². The van der Waals surface area contributed by atoms with Gasteiger partial charge in [-0.2, -0.15) is 0 Å². The van der Waals surface area contributed by atoms with Gasteiger partial charge in [0.2, 0.25) is 0 Å². The van der Waals surface area contributed by atoms with Crippen LogP contribution in [0.15, 0.2) is 54.6 Å². The lowest BCUT2D eigenvalue weighted by molar-refractivity contribution is 0.0941. The molecule has 1 amide bonds. The highest BCUT2D eigenvalue weighted by atomic mass is 32.1. The van der Waals surface area contributed by atoms with Gasteiger partial charge in [0.05, 0.1) is 22.6 Å². The van der Waals surface area contributed by atoms with Crippen molar-refractivity contribution in [1.29, 1.82) is 0 Å². The molecule has 3 aromatic carbocycles. The van der Waals surface area contributed by atoms with E-state index in [1.807, 2.05) is 49.4 Å². The van der Waals surface area contributed by atoms with E-state index in [-0.39, 0.29) is 17.5 Å². The highest BCUT2D eigenvalue weighted by Gasteiger charge is 2.17. The number of amides is 1. The Kier molecular flexibility index (Phi) is 4.05. The van der Waals surface area contributed by atoms with Crippen molar-refractivity contribution in [2.75, 3.05) is 0 Å². The predicted molar refractivity (Wildman–Crippen MR) is 103 cm³/mol. The third-order valence-corrected chi connectivity index (χ3v) is 4.68. The summed E-state index contributed by atoms with van der Waals surface area (Å²) in [5.74, 6) is -0.856. The number of imidazole rings is 1. The second kappa shape index (κ2) is 6.38. The van der Waals surface area contributed by atoms with E-state index in [4.69, 9.17) is 12.2 Å². The van der Waals surface area contributed by atoms with E-state index in [1.165, 1.54) is 12.1 Å². The van der Waals surface area contributed by atoms with Crippen LogP contribution in [0.4, 0.5) is 4.39 Å². The second-order valence-electron chi connectivity index (χ2n) is 6.22. The summed E-state index contributed by atoms with van der Waals surface area (Å²) < 4.78 is 14.2. The van der Waals surface area contributed by atoms with Crippen molar-refractivity contribution in [3.63, 3.8) is 0 Å². The summed E-state index contributed by atoms with van der Waals surface area (Å²) in [6, 6.07) is 16.3. The molecule has 0 aliphatic rings. The number of carbonyl (C=O) groups excluding carboxylic acids is 1. The summed E-state index contributed by atoms with van der Waals surface area (Å²) in [4.78, 5) is 18.5. The van der Waals surface area contributed by atoms with Crippen LogP contribution in [0.3, 0.4) is 0 Å². The Morgan fingerprint density at radius 2 is 1.88 bits per heavy atom. The molecule has 6 heteroatoms. The minimum Gasteiger partial charge on any atom is -0.345 e. The van der Waals surface area contributed by atoms with Crippen molar-refractivity contribution in [1.82, 2.24) is 15.3 Å². The van der Waals surface area contributed by atoms with Gasteiger partial charge in [0.25, 0.3) is 5.91 Å². The first-order valence-corrected chi connectivity index (χ1v) is 8.64. The number of hydrogen-bond acceptors (Lipinski definition) is 2. The average Bonchev–Trinajstić information content (AvgIpc) is 3.00. The Hall–Kier alpha value is -2.99. The highest BCUT2D eigenvalue weighted by Crippen LogP contribution is 2.25. The van der Waals surface area contributed by atoms with Crippen LogP contribution in [0, 0.1) is 10.6 Å². The molecule has 1 unspecified atom stereocenters. The molecule has 4 rings (SSSR count). The fraction of sp³-hybridized carbons (Fsp3) is 0.100. The molecule has 1 atom stereocenters. The Balaban J connectivity index is 1.71. The summed E-state index contributed by atoms with van der Waals surface area (Å²) in [6.07, 6.45) is 0. The first kappa shape index (κ1) is 16.5. The first-order valence-electron chi connectivity index (χ1n) is 8.23. The highest BCUT2D eigenvalue weighted by molar-refractivity contribution is 7.71. The van der Waals surface area contributed by atoms with Crippen molar-refractivity contribution in [3.05, 3.63) is 76.3 Å². The molecule has 3 N–H and O–H groups in total. The van der Waals surface area contributed by atoms with Crippen molar-refractivity contribution < 1.29 is 9.18 Å². The quantitative estimate of drug-likeness (QED) is 0.447. The Morgan fingerprint density at radius 1 is 1.12 bits per heavy atom. The van der Waals surface area contributed by atoms with E-state index in [2.05, 4.69) is 15.3 Å². The summed E-state index contributed by atoms with van der Waals surface area (Å²) in [6.45, 7) is 1.91. The van der Waals surface area contributed by atoms with Crippen LogP contribution < -0.4 is 5.32 Å². The molecule has 0 saturated heterocycles. The van der Waals surface area contributed by atoms with E-state index in [1.54, 1.807) is 0 Å². The molecule has 130 valence electrons. The molecule has 4 nitrogen and oxygen atoms in total. The molecular formula is C20H16FN3OS. The van der Waals surface area contributed by atoms with E-state index in [0.717, 1.165) is 16.3 Å². The lowest BCUT2D eigenvalue weighted by atomic mass is 9.99. The number of rotatable bonds is 3. The standard InChI is InChI=1S/C20H16FN3OS/c1-11(14-8-4-6-12-5-2-3-7-15(12)14)22-19(25)16-9-13(21)10-17-18(16)24-20(26)23-17/h2-11H,1H3,(H,22,25)(H2,23,24,26). The SMILES string of the molecule is CC(NC(=O)c1cc(F)cc2[nH]c(=S)[nH]c12)c1cccc2ccccc12. The van der Waals surface area contributed by atoms with Crippen LogP contribution in [-0.4, -0.2) is 15.9 Å². The van der Waals surface area contributed by atoms with E-state index < -0.39 is 5.82 Å². The Bertz CT molecular complexity index is 1190. The molecule has 26 heavy (non-hydrogen) atoms. The number of hydrogen-bond donors (Lipinski definition) is 3. The van der Waals surface area contributed by atoms with Crippen LogP contribution in [0.1, 0.15) is 28.9 Å². The lowest BCUT2D eigenvalue weighted by Crippen LogP contribution is -2.27. The monoisotopic (exact) mass is 365 g/mol. The van der Waals surface area contributed by atoms with Crippen LogP contribution >= 0.6 is 12.2 Å². The number of halogens is 1. The van der Waals surface area contributed by atoms with Crippen molar-refractivity contribution in [3.8, 4) is 0 Å². The number of benzene rings is 3. The minimum atomic E-state index is -0.495. The molecular weight excluding hydrogens is 349 g/mol. The molecule has 0 aliphatic carbocycles. The number of carbonyl (C=O) groups is 1. The fourth-order valence-electron chi connectivity index (χ4n) is 3.27. The zero-order chi connectivity index (χ0) is 18.3. The zero-order valence-corrected chi connectivity index (χ0v) is 14.8. The van der Waals surface area contributed by atoms with Gasteiger partial charge in [0, 0.05) is 0 Å². The maximum atomic E-state index is 13.9. The Labute approximate surface area is 154 Å². The summed E-state index contributed by atoms with van der Waals surface area (Å²) in [5, 5.41) is 5.14. The lowest BCUT2D eigenvalue weighted by Gasteiger charge is -2.17. The zero-order valence-electron chi connectivity index (χ0n) is 14.0. The minimum absolute atomic E-state index is 0.222. The van der Waals surface area contributed by atoms with Crippen LogP contribution in [-0.2, 0) is 0 Å². The molecule has 4 aromatic rings. The number of aromatic amines is 2. The maximum absolute atomic E-state index is 13.9. The van der Waals surface area contributed by atoms with Gasteiger partial charge in [-0.15, -0.1) is 0 Å². The third-order valence-electron chi connectivity index (χ3n) is 4.47. The largest absolute Gasteiger partial charge is 0.345 e. The molecule has 0 saturated carbocycles. The van der Waals surface area contributed by atoms with Crippen molar-refractivity contribution in [2.45, 2.75) is 13.0 Å². The first-order chi connectivity index (χ1) is 12.5. The number of nitrogens with one attached hydrogen (secondary N) is 3. The van der Waals surface area contributed by atoms with Gasteiger partial charge in [0.1, 0.15) is 5.82 Å². The normalized spacial score (nSPS) is 12.4. The summed E-state index contributed by atoms with van der Waals surface area (Å²) in [7, 11) is 0. The number of fused-ring (bicyclic) bond motifs is 2. The molecule has 0 fully saturated rings. The fourth-order valence-corrected chi connectivity index (χ4v) is 3.48. The molecule has 1 aromatic heterocycles. The maximum Gasteiger partial charge on any atom is 0.254 e. The smallest absolute Gasteiger partial charge is 0.254 e. The molecule has 0 aliphatic heterocycles. The number of H-pyrrole nitrogens is 2. The summed E-state index contributed by atoms with van der Waals surface area (Å²) >= 11 is 5.05. The van der Waals surface area contributed by atoms with Gasteiger partial charge in [-0.25, -0.2) is 4.39 Å². The van der Waals surface area contributed by atoms with Crippen molar-refractivity contribution >= 4 is 39.9 Å². The number of aromatic nitrogens is 2.